The Balaban J connectivity index is 1.63. The maximum Gasteiger partial charge on any atom is 0.0927 e. The van der Waals surface area contributed by atoms with E-state index < -0.39 is 0 Å². The maximum absolute atomic E-state index is 4.63. The van der Waals surface area contributed by atoms with E-state index >= 15 is 0 Å². The zero-order valence-corrected chi connectivity index (χ0v) is 12.0. The fourth-order valence-electron chi connectivity index (χ4n) is 3.13. The maximum atomic E-state index is 4.63. The number of nitrogens with one attached hydrogen (secondary N) is 1. The van der Waals surface area contributed by atoms with Crippen molar-refractivity contribution in [3.63, 3.8) is 0 Å². The lowest BCUT2D eigenvalue weighted by atomic mass is 9.92. The molecule has 1 aliphatic heterocycles. The minimum atomic E-state index is 0.657. The van der Waals surface area contributed by atoms with Crippen LogP contribution in [0.5, 0.6) is 0 Å². The van der Waals surface area contributed by atoms with Gasteiger partial charge in [0.15, 0.2) is 0 Å². The number of piperidine rings is 1. The first-order valence-corrected chi connectivity index (χ1v) is 7.66. The summed E-state index contributed by atoms with van der Waals surface area (Å²) in [5.74, 6) is 0.657. The summed E-state index contributed by atoms with van der Waals surface area (Å²) in [7, 11) is 0. The number of rotatable bonds is 2. The van der Waals surface area contributed by atoms with E-state index in [0.717, 1.165) is 24.3 Å². The number of nitrogens with zero attached hydrogens (tertiary/aromatic N) is 2. The molecule has 2 aromatic carbocycles. The number of hydrogen-bond donors (Lipinski definition) is 1. The summed E-state index contributed by atoms with van der Waals surface area (Å²) in [6.45, 7) is 2.26. The molecule has 1 saturated heterocycles. The molecular formula is C18H19N3. The van der Waals surface area contributed by atoms with Crippen LogP contribution in [0.2, 0.25) is 0 Å². The third-order valence-corrected chi connectivity index (χ3v) is 4.34. The van der Waals surface area contributed by atoms with Gasteiger partial charge in [-0.15, -0.1) is 0 Å². The highest BCUT2D eigenvalue weighted by Gasteiger charge is 2.14. The van der Waals surface area contributed by atoms with Crippen LogP contribution in [0.4, 0.5) is 0 Å². The Morgan fingerprint density at radius 3 is 2.67 bits per heavy atom. The first-order chi connectivity index (χ1) is 10.4. The molecule has 0 aliphatic carbocycles. The van der Waals surface area contributed by atoms with Crippen LogP contribution in [0.1, 0.15) is 24.3 Å². The second-order valence-electron chi connectivity index (χ2n) is 5.77. The Morgan fingerprint density at radius 1 is 1.05 bits per heavy atom. The van der Waals surface area contributed by atoms with Gasteiger partial charge < -0.3 is 5.32 Å². The molecule has 4 rings (SSSR count). The van der Waals surface area contributed by atoms with Crippen molar-refractivity contribution >= 4 is 10.9 Å². The average molecular weight is 277 g/mol. The van der Waals surface area contributed by atoms with Gasteiger partial charge in [0, 0.05) is 18.1 Å². The molecule has 0 bridgehead atoms. The van der Waals surface area contributed by atoms with E-state index in [4.69, 9.17) is 0 Å². The van der Waals surface area contributed by atoms with Gasteiger partial charge in [0.05, 0.1) is 11.2 Å². The molecule has 3 heteroatoms. The third kappa shape index (κ3) is 2.45. The van der Waals surface area contributed by atoms with E-state index in [0.29, 0.717) is 5.92 Å². The van der Waals surface area contributed by atoms with Gasteiger partial charge in [0.2, 0.25) is 0 Å². The van der Waals surface area contributed by atoms with E-state index in [9.17, 15) is 0 Å². The zero-order chi connectivity index (χ0) is 14.1. The fraction of sp³-hybridized carbons (Fsp3) is 0.278. The number of fused-ring (bicyclic) bond motifs is 1. The van der Waals surface area contributed by atoms with E-state index in [-0.39, 0.29) is 0 Å². The summed E-state index contributed by atoms with van der Waals surface area (Å²) in [5, 5.41) is 9.29. The monoisotopic (exact) mass is 277 g/mol. The van der Waals surface area contributed by atoms with E-state index in [1.165, 1.54) is 23.8 Å². The van der Waals surface area contributed by atoms with Crippen molar-refractivity contribution in [1.82, 2.24) is 15.1 Å². The van der Waals surface area contributed by atoms with Crippen molar-refractivity contribution in [3.8, 4) is 5.69 Å². The lowest BCUT2D eigenvalue weighted by molar-refractivity contribution is 0.461. The van der Waals surface area contributed by atoms with Crippen molar-refractivity contribution in [2.45, 2.75) is 18.8 Å². The van der Waals surface area contributed by atoms with Crippen LogP contribution in [-0.4, -0.2) is 22.9 Å². The number of aromatic nitrogens is 2. The highest BCUT2D eigenvalue weighted by Crippen LogP contribution is 2.24. The molecule has 0 radical (unpaired) electrons. The Labute approximate surface area is 124 Å². The van der Waals surface area contributed by atoms with Gasteiger partial charge in [-0.2, -0.15) is 5.10 Å². The van der Waals surface area contributed by atoms with Gasteiger partial charge in [0.25, 0.3) is 0 Å². The molecule has 2 heterocycles. The van der Waals surface area contributed by atoms with Crippen molar-refractivity contribution in [2.75, 3.05) is 13.1 Å². The first kappa shape index (κ1) is 12.6. The molecule has 1 atom stereocenters. The molecule has 0 amide bonds. The lowest BCUT2D eigenvalue weighted by Gasteiger charge is -2.23. The Hall–Kier alpha value is -2.13. The third-order valence-electron chi connectivity index (χ3n) is 4.34. The molecular weight excluding hydrogens is 258 g/mol. The molecule has 1 aromatic heterocycles. The van der Waals surface area contributed by atoms with E-state index in [1.54, 1.807) is 0 Å². The van der Waals surface area contributed by atoms with Gasteiger partial charge >= 0.3 is 0 Å². The predicted molar refractivity (Wildman–Crippen MR) is 85.9 cm³/mol. The molecule has 0 spiro atoms. The highest BCUT2D eigenvalue weighted by atomic mass is 15.3. The van der Waals surface area contributed by atoms with Crippen LogP contribution in [0.25, 0.3) is 16.6 Å². The minimum Gasteiger partial charge on any atom is -0.316 e. The summed E-state index contributed by atoms with van der Waals surface area (Å²) < 4.78 is 1.97. The molecule has 21 heavy (non-hydrogen) atoms. The molecule has 0 saturated carbocycles. The topological polar surface area (TPSA) is 29.9 Å². The van der Waals surface area contributed by atoms with Crippen LogP contribution in [0, 0.1) is 0 Å². The van der Waals surface area contributed by atoms with E-state index in [1.807, 2.05) is 22.9 Å². The average Bonchev–Trinajstić information content (AvgIpc) is 3.00. The molecule has 1 fully saturated rings. The SMILES string of the molecule is c1ccc2nn(-c3ccc([C@H]4CCCNC4)cc3)cc2c1. The van der Waals surface area contributed by atoms with Gasteiger partial charge in [-0.05, 0) is 49.1 Å². The Kier molecular flexibility index (Phi) is 3.20. The van der Waals surface area contributed by atoms with Gasteiger partial charge in [-0.25, -0.2) is 4.68 Å². The van der Waals surface area contributed by atoms with Crippen molar-refractivity contribution in [3.05, 3.63) is 60.3 Å². The summed E-state index contributed by atoms with van der Waals surface area (Å²) in [6, 6.07) is 17.1. The first-order valence-electron chi connectivity index (χ1n) is 7.66. The van der Waals surface area contributed by atoms with Crippen LogP contribution in [0.3, 0.4) is 0 Å². The Bertz CT molecular complexity index is 704. The van der Waals surface area contributed by atoms with Crippen LogP contribution in [0.15, 0.2) is 54.7 Å². The summed E-state index contributed by atoms with van der Waals surface area (Å²) in [5.41, 5.74) is 3.60. The van der Waals surface area contributed by atoms with Gasteiger partial charge in [-0.1, -0.05) is 30.3 Å². The highest BCUT2D eigenvalue weighted by molar-refractivity contribution is 5.78. The second-order valence-corrected chi connectivity index (χ2v) is 5.77. The fourth-order valence-corrected chi connectivity index (χ4v) is 3.13. The minimum absolute atomic E-state index is 0.657. The Morgan fingerprint density at radius 2 is 1.90 bits per heavy atom. The van der Waals surface area contributed by atoms with Crippen LogP contribution < -0.4 is 5.32 Å². The predicted octanol–water partition coefficient (Wildman–Crippen LogP) is 3.49. The molecule has 106 valence electrons. The van der Waals surface area contributed by atoms with Crippen LogP contribution in [-0.2, 0) is 0 Å². The molecule has 0 unspecified atom stereocenters. The van der Waals surface area contributed by atoms with Crippen LogP contribution >= 0.6 is 0 Å². The molecule has 1 aliphatic rings. The normalized spacial score (nSPS) is 19.0. The van der Waals surface area contributed by atoms with E-state index in [2.05, 4.69) is 46.9 Å². The summed E-state index contributed by atoms with van der Waals surface area (Å²) in [4.78, 5) is 0. The molecule has 1 N–H and O–H groups in total. The van der Waals surface area contributed by atoms with Crippen molar-refractivity contribution < 1.29 is 0 Å². The van der Waals surface area contributed by atoms with Crippen molar-refractivity contribution in [1.29, 1.82) is 0 Å². The quantitative estimate of drug-likeness (QED) is 0.777. The largest absolute Gasteiger partial charge is 0.316 e. The summed E-state index contributed by atoms with van der Waals surface area (Å²) >= 11 is 0. The molecule has 3 nitrogen and oxygen atoms in total. The van der Waals surface area contributed by atoms with Gasteiger partial charge in [-0.3, -0.25) is 0 Å². The number of benzene rings is 2. The smallest absolute Gasteiger partial charge is 0.0927 e. The van der Waals surface area contributed by atoms with Crippen molar-refractivity contribution in [2.24, 2.45) is 0 Å². The standard InChI is InChI=1S/C18H19N3/c1-2-6-18-16(4-1)13-21(20-18)17-9-7-14(8-10-17)15-5-3-11-19-12-15/h1-2,4,6-10,13,15,19H,3,5,11-12H2/t15-/m0/s1. The molecule has 3 aromatic rings. The summed E-state index contributed by atoms with van der Waals surface area (Å²) in [6.07, 6.45) is 4.65. The number of hydrogen-bond acceptors (Lipinski definition) is 2. The van der Waals surface area contributed by atoms with Gasteiger partial charge in [0.1, 0.15) is 0 Å². The zero-order valence-electron chi connectivity index (χ0n) is 12.0. The second kappa shape index (κ2) is 5.34. The lowest BCUT2D eigenvalue weighted by Crippen LogP contribution is -2.28.